The van der Waals surface area contributed by atoms with Crippen LogP contribution >= 0.6 is 0 Å². The van der Waals surface area contributed by atoms with Crippen molar-refractivity contribution in [3.63, 3.8) is 0 Å². The zero-order chi connectivity index (χ0) is 20.7. The van der Waals surface area contributed by atoms with Crippen LogP contribution in [-0.4, -0.2) is 38.0 Å². The summed E-state index contributed by atoms with van der Waals surface area (Å²) in [7, 11) is 1.43. The lowest BCUT2D eigenvalue weighted by Crippen LogP contribution is -2.32. The van der Waals surface area contributed by atoms with E-state index in [1.54, 1.807) is 0 Å². The minimum atomic E-state index is -0.991. The van der Waals surface area contributed by atoms with Gasteiger partial charge in [0.15, 0.2) is 24.2 Å². The van der Waals surface area contributed by atoms with Crippen LogP contribution in [0.25, 0.3) is 0 Å². The van der Waals surface area contributed by atoms with E-state index in [0.717, 1.165) is 11.1 Å². The molecule has 0 saturated carbocycles. The van der Waals surface area contributed by atoms with Gasteiger partial charge in [-0.3, -0.25) is 9.59 Å². The molecule has 0 fully saturated rings. The maximum absolute atomic E-state index is 12.3. The summed E-state index contributed by atoms with van der Waals surface area (Å²) in [6, 6.07) is 10.2. The number of ether oxygens (including phenoxy) is 3. The SMILES string of the molecule is COc1cc(C=O)ccc1OCC(=O)O[C@H](C)C(=O)Nc1c(C)cccc1C. The fourth-order valence-corrected chi connectivity index (χ4v) is 2.53. The van der Waals surface area contributed by atoms with Crippen LogP contribution in [0.5, 0.6) is 11.5 Å². The van der Waals surface area contributed by atoms with Crippen molar-refractivity contribution in [1.29, 1.82) is 0 Å². The Labute approximate surface area is 163 Å². The van der Waals surface area contributed by atoms with Gasteiger partial charge in [-0.1, -0.05) is 18.2 Å². The van der Waals surface area contributed by atoms with Crippen LogP contribution in [-0.2, 0) is 14.3 Å². The van der Waals surface area contributed by atoms with E-state index in [1.165, 1.54) is 32.2 Å². The molecule has 0 aliphatic rings. The molecular formula is C21H23NO6. The molecule has 1 atom stereocenters. The Kier molecular flexibility index (Phi) is 7.14. The fourth-order valence-electron chi connectivity index (χ4n) is 2.53. The van der Waals surface area contributed by atoms with Gasteiger partial charge in [0.05, 0.1) is 7.11 Å². The molecule has 7 heteroatoms. The van der Waals surface area contributed by atoms with E-state index in [0.29, 0.717) is 23.3 Å². The van der Waals surface area contributed by atoms with Gasteiger partial charge in [-0.15, -0.1) is 0 Å². The molecule has 2 aromatic carbocycles. The van der Waals surface area contributed by atoms with Crippen molar-refractivity contribution in [2.24, 2.45) is 0 Å². The minimum Gasteiger partial charge on any atom is -0.493 e. The monoisotopic (exact) mass is 385 g/mol. The molecule has 0 aromatic heterocycles. The van der Waals surface area contributed by atoms with E-state index in [9.17, 15) is 14.4 Å². The Morgan fingerprint density at radius 1 is 1.11 bits per heavy atom. The lowest BCUT2D eigenvalue weighted by molar-refractivity contribution is -0.155. The number of anilines is 1. The third kappa shape index (κ3) is 5.33. The van der Waals surface area contributed by atoms with Crippen LogP contribution < -0.4 is 14.8 Å². The normalized spacial score (nSPS) is 11.3. The van der Waals surface area contributed by atoms with E-state index < -0.39 is 24.6 Å². The Morgan fingerprint density at radius 3 is 2.39 bits per heavy atom. The van der Waals surface area contributed by atoms with E-state index >= 15 is 0 Å². The lowest BCUT2D eigenvalue weighted by Gasteiger charge is -2.16. The second-order valence-corrected chi connectivity index (χ2v) is 6.20. The summed E-state index contributed by atoms with van der Waals surface area (Å²) >= 11 is 0. The fraction of sp³-hybridized carbons (Fsp3) is 0.286. The van der Waals surface area contributed by atoms with E-state index in [2.05, 4.69) is 5.32 Å². The Hall–Kier alpha value is -3.35. The first-order valence-electron chi connectivity index (χ1n) is 8.68. The maximum Gasteiger partial charge on any atom is 0.344 e. The van der Waals surface area contributed by atoms with Crippen molar-refractivity contribution in [3.8, 4) is 11.5 Å². The molecular weight excluding hydrogens is 362 g/mol. The van der Waals surface area contributed by atoms with Crippen molar-refractivity contribution in [2.75, 3.05) is 19.0 Å². The molecule has 2 aromatic rings. The summed E-state index contributed by atoms with van der Waals surface area (Å²) in [5.74, 6) is -0.528. The minimum absolute atomic E-state index is 0.290. The number of para-hydroxylation sites is 1. The maximum atomic E-state index is 12.3. The Bertz CT molecular complexity index is 857. The van der Waals surface area contributed by atoms with Gasteiger partial charge in [0, 0.05) is 11.3 Å². The second-order valence-electron chi connectivity index (χ2n) is 6.20. The number of carbonyl (C=O) groups excluding carboxylic acids is 3. The molecule has 0 saturated heterocycles. The third-order valence-electron chi connectivity index (χ3n) is 4.08. The van der Waals surface area contributed by atoms with E-state index in [-0.39, 0.29) is 5.75 Å². The van der Waals surface area contributed by atoms with Gasteiger partial charge in [0.2, 0.25) is 0 Å². The largest absolute Gasteiger partial charge is 0.493 e. The Morgan fingerprint density at radius 2 is 1.79 bits per heavy atom. The molecule has 0 radical (unpaired) electrons. The van der Waals surface area contributed by atoms with Crippen molar-refractivity contribution in [1.82, 2.24) is 0 Å². The van der Waals surface area contributed by atoms with E-state index in [4.69, 9.17) is 14.2 Å². The molecule has 0 aliphatic heterocycles. The van der Waals surface area contributed by atoms with Gasteiger partial charge >= 0.3 is 5.97 Å². The van der Waals surface area contributed by atoms with Gasteiger partial charge in [-0.25, -0.2) is 4.79 Å². The highest BCUT2D eigenvalue weighted by Gasteiger charge is 2.20. The predicted octanol–water partition coefficient (Wildman–Crippen LogP) is 3.07. The lowest BCUT2D eigenvalue weighted by atomic mass is 10.1. The molecule has 0 aliphatic carbocycles. The smallest absolute Gasteiger partial charge is 0.344 e. The number of hydrogen-bond donors (Lipinski definition) is 1. The van der Waals surface area contributed by atoms with E-state index in [1.807, 2.05) is 32.0 Å². The van der Waals surface area contributed by atoms with Crippen LogP contribution in [0.15, 0.2) is 36.4 Å². The van der Waals surface area contributed by atoms with Crippen molar-refractivity contribution in [3.05, 3.63) is 53.1 Å². The summed E-state index contributed by atoms with van der Waals surface area (Å²) in [6.45, 7) is 4.85. The van der Waals surface area contributed by atoms with Crippen LogP contribution in [0.4, 0.5) is 5.69 Å². The quantitative estimate of drug-likeness (QED) is 0.555. The zero-order valence-corrected chi connectivity index (χ0v) is 16.3. The number of hydrogen-bond acceptors (Lipinski definition) is 6. The van der Waals surface area contributed by atoms with Gasteiger partial charge in [-0.2, -0.15) is 0 Å². The summed E-state index contributed by atoms with van der Waals surface area (Å²) in [4.78, 5) is 35.1. The van der Waals surface area contributed by atoms with Crippen molar-refractivity contribution < 1.29 is 28.6 Å². The molecule has 7 nitrogen and oxygen atoms in total. The number of nitrogens with one attached hydrogen (secondary N) is 1. The molecule has 1 amide bonds. The van der Waals surface area contributed by atoms with Gasteiger partial charge in [0.25, 0.3) is 5.91 Å². The van der Waals surface area contributed by atoms with Crippen LogP contribution in [0, 0.1) is 13.8 Å². The summed E-state index contributed by atoms with van der Waals surface area (Å²) < 4.78 is 15.6. The number of aryl methyl sites for hydroxylation is 2. The van der Waals surface area contributed by atoms with Gasteiger partial charge in [0.1, 0.15) is 6.29 Å². The molecule has 148 valence electrons. The predicted molar refractivity (Wildman–Crippen MR) is 104 cm³/mol. The van der Waals surface area contributed by atoms with Crippen LogP contribution in [0.2, 0.25) is 0 Å². The van der Waals surface area contributed by atoms with Crippen LogP contribution in [0.3, 0.4) is 0 Å². The number of rotatable bonds is 8. The number of methoxy groups -OCH3 is 1. The first kappa shape index (κ1) is 21.0. The molecule has 0 unspecified atom stereocenters. The standard InChI is InChI=1S/C21H23NO6/c1-13-6-5-7-14(2)20(13)22-21(25)15(3)28-19(24)12-27-17-9-8-16(11-23)10-18(17)26-4/h5-11,15H,12H2,1-4H3,(H,22,25)/t15-/m1/s1. The topological polar surface area (TPSA) is 90.9 Å². The summed E-state index contributed by atoms with van der Waals surface area (Å²) in [5.41, 5.74) is 2.96. The third-order valence-corrected chi connectivity index (χ3v) is 4.08. The summed E-state index contributed by atoms with van der Waals surface area (Å²) in [6.07, 6.45) is -0.314. The molecule has 0 spiro atoms. The number of aldehydes is 1. The highest BCUT2D eigenvalue weighted by molar-refractivity contribution is 5.96. The molecule has 2 rings (SSSR count). The molecule has 0 bridgehead atoms. The number of esters is 1. The molecule has 28 heavy (non-hydrogen) atoms. The van der Waals surface area contributed by atoms with Crippen LogP contribution in [0.1, 0.15) is 28.4 Å². The Balaban J connectivity index is 1.92. The first-order chi connectivity index (χ1) is 13.3. The number of carbonyl (C=O) groups is 3. The highest BCUT2D eigenvalue weighted by Crippen LogP contribution is 2.27. The van der Waals surface area contributed by atoms with Crippen molar-refractivity contribution in [2.45, 2.75) is 26.9 Å². The molecule has 1 N–H and O–H groups in total. The second kappa shape index (κ2) is 9.55. The highest BCUT2D eigenvalue weighted by atomic mass is 16.6. The number of amides is 1. The average molecular weight is 385 g/mol. The number of benzene rings is 2. The average Bonchev–Trinajstić information content (AvgIpc) is 2.68. The first-order valence-corrected chi connectivity index (χ1v) is 8.68. The van der Waals surface area contributed by atoms with Crippen molar-refractivity contribution >= 4 is 23.9 Å². The summed E-state index contributed by atoms with van der Waals surface area (Å²) in [5, 5.41) is 2.78. The van der Waals surface area contributed by atoms with Gasteiger partial charge in [-0.05, 0) is 50.1 Å². The molecule has 0 heterocycles. The van der Waals surface area contributed by atoms with Gasteiger partial charge < -0.3 is 19.5 Å². The zero-order valence-electron chi connectivity index (χ0n) is 16.3.